The van der Waals surface area contributed by atoms with Crippen molar-refractivity contribution in [1.29, 1.82) is 0 Å². The Morgan fingerprint density at radius 1 is 0.853 bits per heavy atom. The molecule has 34 heavy (non-hydrogen) atoms. The largest absolute Gasteiger partial charge is 0.449 e. The van der Waals surface area contributed by atoms with Crippen LogP contribution in [0, 0.1) is 0 Å². The maximum Gasteiger partial charge on any atom is 0.407 e. The summed E-state index contributed by atoms with van der Waals surface area (Å²) in [6, 6.07) is 29.3. The molecule has 1 amide bonds. The molecule has 1 aliphatic rings. The smallest absolute Gasteiger partial charge is 0.407 e. The van der Waals surface area contributed by atoms with Crippen LogP contribution < -0.4 is 5.32 Å². The second-order valence-corrected chi connectivity index (χ2v) is 8.60. The van der Waals surface area contributed by atoms with Crippen LogP contribution in [0.1, 0.15) is 33.0 Å². The van der Waals surface area contributed by atoms with Crippen LogP contribution in [-0.4, -0.2) is 19.0 Å². The van der Waals surface area contributed by atoms with Crippen LogP contribution in [0.15, 0.2) is 91.0 Å². The number of hydrogen-bond donors (Lipinski definition) is 1. The third-order valence-corrected chi connectivity index (χ3v) is 6.56. The second-order valence-electron chi connectivity index (χ2n) is 8.19. The highest BCUT2D eigenvalue weighted by molar-refractivity contribution is 6.31. The maximum atomic E-state index is 12.6. The van der Waals surface area contributed by atoms with Crippen molar-refractivity contribution < 1.29 is 14.3 Å². The molecule has 4 aromatic carbocycles. The van der Waals surface area contributed by atoms with Gasteiger partial charge in [0.05, 0.1) is 0 Å². The lowest BCUT2D eigenvalue weighted by atomic mass is 9.98. The lowest BCUT2D eigenvalue weighted by molar-refractivity contribution is 0.112. The minimum absolute atomic E-state index is 0.0000974. The lowest BCUT2D eigenvalue weighted by Gasteiger charge is -2.16. The topological polar surface area (TPSA) is 55.4 Å². The molecule has 4 aromatic rings. The fourth-order valence-corrected chi connectivity index (χ4v) is 4.84. The Kier molecular flexibility index (Phi) is 6.15. The molecule has 0 fully saturated rings. The first-order chi connectivity index (χ1) is 16.7. The second kappa shape index (κ2) is 9.54. The van der Waals surface area contributed by atoms with Crippen molar-refractivity contribution in [3.05, 3.63) is 118 Å². The van der Waals surface area contributed by atoms with E-state index in [1.807, 2.05) is 48.5 Å². The third kappa shape index (κ3) is 4.20. The molecule has 0 atom stereocenters. The number of ether oxygens (including phenoxy) is 1. The average molecular weight is 468 g/mol. The van der Waals surface area contributed by atoms with Gasteiger partial charge < -0.3 is 10.1 Å². The number of nitrogens with one attached hydrogen (secondary N) is 1. The van der Waals surface area contributed by atoms with Gasteiger partial charge in [0, 0.05) is 23.0 Å². The van der Waals surface area contributed by atoms with Crippen LogP contribution in [0.4, 0.5) is 4.79 Å². The summed E-state index contributed by atoms with van der Waals surface area (Å²) >= 11 is 6.47. The number of carbonyl (C=O) groups excluding carboxylic acids is 2. The minimum atomic E-state index is -0.505. The normalized spacial score (nSPS) is 12.0. The highest BCUT2D eigenvalue weighted by atomic mass is 35.5. The van der Waals surface area contributed by atoms with Gasteiger partial charge in [0.2, 0.25) is 0 Å². The molecular formula is C29H22ClNO3. The summed E-state index contributed by atoms with van der Waals surface area (Å²) in [4.78, 5) is 23.8. The molecule has 4 nitrogen and oxygen atoms in total. The van der Waals surface area contributed by atoms with E-state index in [1.165, 1.54) is 22.3 Å². The number of fused-ring (bicyclic) bond motifs is 3. The molecule has 0 aromatic heterocycles. The molecule has 0 aliphatic heterocycles. The quantitative estimate of drug-likeness (QED) is 0.315. The summed E-state index contributed by atoms with van der Waals surface area (Å²) in [5.74, 6) is 0.0000974. The number of halogens is 1. The molecule has 0 spiro atoms. The zero-order valence-corrected chi connectivity index (χ0v) is 19.1. The van der Waals surface area contributed by atoms with Crippen molar-refractivity contribution in [3.8, 4) is 22.3 Å². The van der Waals surface area contributed by atoms with Crippen LogP contribution in [0.5, 0.6) is 0 Å². The highest BCUT2D eigenvalue weighted by Gasteiger charge is 2.29. The van der Waals surface area contributed by atoms with Crippen LogP contribution in [0.2, 0.25) is 5.02 Å². The van der Waals surface area contributed by atoms with Gasteiger partial charge >= 0.3 is 6.09 Å². The van der Waals surface area contributed by atoms with Crippen LogP contribution in [0.25, 0.3) is 22.3 Å². The Morgan fingerprint density at radius 3 is 2.21 bits per heavy atom. The Balaban J connectivity index is 1.30. The Labute approximate surface area is 203 Å². The van der Waals surface area contributed by atoms with Crippen molar-refractivity contribution in [3.63, 3.8) is 0 Å². The van der Waals surface area contributed by atoms with Gasteiger partial charge in [-0.25, -0.2) is 4.79 Å². The van der Waals surface area contributed by atoms with Gasteiger partial charge in [-0.3, -0.25) is 4.79 Å². The van der Waals surface area contributed by atoms with Crippen LogP contribution in [0.3, 0.4) is 0 Å². The predicted octanol–water partition coefficient (Wildman–Crippen LogP) is 6.86. The molecule has 5 heteroatoms. The number of amides is 1. The van der Waals surface area contributed by atoms with Gasteiger partial charge in [-0.2, -0.15) is 0 Å². The molecule has 0 radical (unpaired) electrons. The van der Waals surface area contributed by atoms with Crippen molar-refractivity contribution in [2.24, 2.45) is 0 Å². The number of aldehydes is 1. The Bertz CT molecular complexity index is 1340. The summed E-state index contributed by atoms with van der Waals surface area (Å²) in [6.07, 6.45) is 0.303. The number of alkyl carbamates (subject to hydrolysis) is 1. The van der Waals surface area contributed by atoms with E-state index in [-0.39, 0.29) is 19.1 Å². The first kappa shape index (κ1) is 21.9. The van der Waals surface area contributed by atoms with Crippen molar-refractivity contribution in [1.82, 2.24) is 5.32 Å². The number of carbonyl (C=O) groups is 2. The Hall–Kier alpha value is -3.89. The summed E-state index contributed by atoms with van der Waals surface area (Å²) in [6.45, 7) is 0.452. The van der Waals surface area contributed by atoms with Gasteiger partial charge in [0.15, 0.2) is 0 Å². The molecule has 1 aliphatic carbocycles. The zero-order valence-electron chi connectivity index (χ0n) is 18.3. The van der Waals surface area contributed by atoms with E-state index in [0.29, 0.717) is 10.6 Å². The maximum absolute atomic E-state index is 12.6. The van der Waals surface area contributed by atoms with E-state index in [4.69, 9.17) is 16.3 Å². The van der Waals surface area contributed by atoms with Crippen molar-refractivity contribution in [2.45, 2.75) is 12.5 Å². The van der Waals surface area contributed by atoms with Crippen LogP contribution in [-0.2, 0) is 11.3 Å². The molecular weight excluding hydrogens is 446 g/mol. The monoisotopic (exact) mass is 467 g/mol. The fraction of sp³-hybridized carbons (Fsp3) is 0.103. The van der Waals surface area contributed by atoms with E-state index < -0.39 is 6.09 Å². The molecule has 0 saturated heterocycles. The number of rotatable bonds is 6. The van der Waals surface area contributed by atoms with Gasteiger partial charge in [0.25, 0.3) is 0 Å². The summed E-state index contributed by atoms with van der Waals surface area (Å²) in [5, 5.41) is 3.37. The molecule has 0 bridgehead atoms. The third-order valence-electron chi connectivity index (χ3n) is 6.21. The standard InChI is InChI=1S/C29H22ClNO3/c30-28-14-6-13-21(20-8-5-7-19(15-20)17-32)26(28)16-31-29(33)34-18-27-24-11-3-1-9-22(24)23-10-2-4-12-25(23)27/h1-15,17,27H,16,18H2,(H,31,33). The Morgan fingerprint density at radius 2 is 1.50 bits per heavy atom. The highest BCUT2D eigenvalue weighted by Crippen LogP contribution is 2.44. The molecule has 168 valence electrons. The average Bonchev–Trinajstić information content (AvgIpc) is 3.20. The predicted molar refractivity (Wildman–Crippen MR) is 134 cm³/mol. The van der Waals surface area contributed by atoms with Gasteiger partial charge in [0.1, 0.15) is 12.9 Å². The van der Waals surface area contributed by atoms with Crippen molar-refractivity contribution >= 4 is 24.0 Å². The van der Waals surface area contributed by atoms with E-state index in [1.54, 1.807) is 18.2 Å². The first-order valence-corrected chi connectivity index (χ1v) is 11.5. The van der Waals surface area contributed by atoms with E-state index in [2.05, 4.69) is 29.6 Å². The fourth-order valence-electron chi connectivity index (χ4n) is 4.60. The number of hydrogen-bond acceptors (Lipinski definition) is 3. The minimum Gasteiger partial charge on any atom is -0.449 e. The van der Waals surface area contributed by atoms with E-state index >= 15 is 0 Å². The number of benzene rings is 4. The van der Waals surface area contributed by atoms with Gasteiger partial charge in [-0.15, -0.1) is 0 Å². The van der Waals surface area contributed by atoms with Gasteiger partial charge in [-0.1, -0.05) is 90.5 Å². The molecule has 1 N–H and O–H groups in total. The molecule has 5 rings (SSSR count). The van der Waals surface area contributed by atoms with Crippen molar-refractivity contribution in [2.75, 3.05) is 6.61 Å². The molecule has 0 unspecified atom stereocenters. The first-order valence-electron chi connectivity index (χ1n) is 11.1. The SMILES string of the molecule is O=Cc1cccc(-c2cccc(Cl)c2CNC(=O)OCC2c3ccccc3-c3ccccc32)c1. The lowest BCUT2D eigenvalue weighted by Crippen LogP contribution is -2.26. The zero-order chi connectivity index (χ0) is 23.5. The summed E-state index contributed by atoms with van der Waals surface area (Å²) < 4.78 is 5.64. The van der Waals surface area contributed by atoms with E-state index in [0.717, 1.165) is 23.0 Å². The molecule has 0 saturated carbocycles. The van der Waals surface area contributed by atoms with Gasteiger partial charge in [-0.05, 0) is 51.1 Å². The summed E-state index contributed by atoms with van der Waals surface area (Å²) in [5.41, 5.74) is 7.76. The van der Waals surface area contributed by atoms with E-state index in [9.17, 15) is 9.59 Å². The molecule has 0 heterocycles. The van der Waals surface area contributed by atoms with Crippen LogP contribution >= 0.6 is 11.6 Å². The summed E-state index contributed by atoms with van der Waals surface area (Å²) in [7, 11) is 0.